The standard InChI is InChI=1S/C13H11ClFN3OS/c1-7-2-3-8(15)6-10(7)16-12-11-9(4-5-20(11)19)17-13(14)18-12/h2-3,6H,4-5H2,1H3,(H,16,17,18). The zero-order chi connectivity index (χ0) is 14.3. The van der Waals surface area contributed by atoms with E-state index in [1.54, 1.807) is 6.07 Å². The number of nitrogens with one attached hydrogen (secondary N) is 1. The Morgan fingerprint density at radius 3 is 3.00 bits per heavy atom. The Morgan fingerprint density at radius 2 is 2.20 bits per heavy atom. The third-order valence-electron chi connectivity index (χ3n) is 3.11. The van der Waals surface area contributed by atoms with Crippen LogP contribution in [0, 0.1) is 12.7 Å². The van der Waals surface area contributed by atoms with Crippen LogP contribution in [-0.2, 0) is 17.6 Å². The summed E-state index contributed by atoms with van der Waals surface area (Å²) in [6, 6.07) is 4.42. The van der Waals surface area contributed by atoms with E-state index in [2.05, 4.69) is 15.3 Å². The lowest BCUT2D eigenvalue weighted by Crippen LogP contribution is -2.07. The predicted molar refractivity (Wildman–Crippen MR) is 76.4 cm³/mol. The third kappa shape index (κ3) is 2.46. The summed E-state index contributed by atoms with van der Waals surface area (Å²) in [5.41, 5.74) is 2.13. The molecule has 0 saturated carbocycles. The third-order valence-corrected chi connectivity index (χ3v) is 4.74. The molecule has 0 amide bonds. The van der Waals surface area contributed by atoms with Crippen molar-refractivity contribution in [2.45, 2.75) is 18.2 Å². The first-order valence-corrected chi connectivity index (χ1v) is 7.72. The van der Waals surface area contributed by atoms with E-state index in [0.29, 0.717) is 34.3 Å². The molecular formula is C13H11ClFN3OS. The molecule has 2 heterocycles. The first-order chi connectivity index (χ1) is 9.54. The number of benzene rings is 1. The number of aryl methyl sites for hydroxylation is 2. The quantitative estimate of drug-likeness (QED) is 0.684. The van der Waals surface area contributed by atoms with Crippen LogP contribution >= 0.6 is 11.6 Å². The van der Waals surface area contributed by atoms with Crippen molar-refractivity contribution in [2.75, 3.05) is 11.1 Å². The van der Waals surface area contributed by atoms with E-state index in [-0.39, 0.29) is 11.1 Å². The molecular weight excluding hydrogens is 301 g/mol. The van der Waals surface area contributed by atoms with Crippen LogP contribution in [0.5, 0.6) is 0 Å². The predicted octanol–water partition coefficient (Wildman–Crippen LogP) is 2.98. The molecule has 1 aromatic carbocycles. The van der Waals surface area contributed by atoms with Crippen LogP contribution in [0.25, 0.3) is 0 Å². The maximum Gasteiger partial charge on any atom is 0.224 e. The molecule has 1 aliphatic heterocycles. The first kappa shape index (κ1) is 13.6. The fourth-order valence-electron chi connectivity index (χ4n) is 2.11. The van der Waals surface area contributed by atoms with E-state index in [1.165, 1.54) is 12.1 Å². The molecule has 2 aromatic rings. The summed E-state index contributed by atoms with van der Waals surface area (Å²) < 4.78 is 25.3. The van der Waals surface area contributed by atoms with Crippen LogP contribution in [-0.4, -0.2) is 20.3 Å². The lowest BCUT2D eigenvalue weighted by atomic mass is 10.2. The molecule has 0 aliphatic carbocycles. The Bertz CT molecular complexity index is 683. The maximum atomic E-state index is 13.3. The minimum Gasteiger partial charge on any atom is -0.611 e. The van der Waals surface area contributed by atoms with E-state index in [0.717, 1.165) is 5.56 Å². The highest BCUT2D eigenvalue weighted by Gasteiger charge is 2.31. The van der Waals surface area contributed by atoms with Crippen molar-refractivity contribution in [1.29, 1.82) is 0 Å². The van der Waals surface area contributed by atoms with Gasteiger partial charge in [-0.15, -0.1) is 0 Å². The zero-order valence-electron chi connectivity index (χ0n) is 10.6. The summed E-state index contributed by atoms with van der Waals surface area (Å²) in [6.07, 6.45) is 0.612. The fourth-order valence-corrected chi connectivity index (χ4v) is 3.60. The number of fused-ring (bicyclic) bond motifs is 1. The van der Waals surface area contributed by atoms with Gasteiger partial charge < -0.3 is 9.87 Å². The SMILES string of the molecule is Cc1ccc(F)cc1Nc1nc(Cl)nc2c1[S+]([O-])CC2. The summed E-state index contributed by atoms with van der Waals surface area (Å²) in [5, 5.41) is 3.11. The monoisotopic (exact) mass is 311 g/mol. The van der Waals surface area contributed by atoms with Crippen molar-refractivity contribution in [3.05, 3.63) is 40.6 Å². The number of hydrogen-bond donors (Lipinski definition) is 1. The number of nitrogens with zero attached hydrogens (tertiary/aromatic N) is 2. The minimum absolute atomic E-state index is 0.0965. The van der Waals surface area contributed by atoms with Gasteiger partial charge >= 0.3 is 0 Å². The Balaban J connectivity index is 2.05. The van der Waals surface area contributed by atoms with Crippen molar-refractivity contribution in [3.8, 4) is 0 Å². The van der Waals surface area contributed by atoms with E-state index in [1.807, 2.05) is 6.92 Å². The van der Waals surface area contributed by atoms with Crippen LogP contribution in [0.2, 0.25) is 5.28 Å². The molecule has 7 heteroatoms. The molecule has 0 bridgehead atoms. The summed E-state index contributed by atoms with van der Waals surface area (Å²) >= 11 is 4.74. The van der Waals surface area contributed by atoms with E-state index in [4.69, 9.17) is 11.6 Å². The average Bonchev–Trinajstić information content (AvgIpc) is 2.75. The minimum atomic E-state index is -1.14. The summed E-state index contributed by atoms with van der Waals surface area (Å²) in [6.45, 7) is 1.85. The Kier molecular flexibility index (Phi) is 3.54. The van der Waals surface area contributed by atoms with Crippen molar-refractivity contribution in [2.24, 2.45) is 0 Å². The van der Waals surface area contributed by atoms with Gasteiger partial charge in [0.15, 0.2) is 5.82 Å². The molecule has 104 valence electrons. The number of hydrogen-bond acceptors (Lipinski definition) is 4. The van der Waals surface area contributed by atoms with Gasteiger partial charge in [0.2, 0.25) is 10.2 Å². The normalized spacial score (nSPS) is 17.1. The van der Waals surface area contributed by atoms with Crippen molar-refractivity contribution < 1.29 is 8.94 Å². The second-order valence-corrected chi connectivity index (χ2v) is 6.35. The Hall–Kier alpha value is -1.37. The molecule has 3 rings (SSSR count). The summed E-state index contributed by atoms with van der Waals surface area (Å²) in [5.74, 6) is 0.557. The van der Waals surface area contributed by atoms with Gasteiger partial charge in [0, 0.05) is 12.1 Å². The maximum absolute atomic E-state index is 13.3. The second kappa shape index (κ2) is 5.20. The molecule has 0 radical (unpaired) electrons. The largest absolute Gasteiger partial charge is 0.611 e. The van der Waals surface area contributed by atoms with Gasteiger partial charge in [-0.1, -0.05) is 6.07 Å². The first-order valence-electron chi connectivity index (χ1n) is 6.02. The highest BCUT2D eigenvalue weighted by Crippen LogP contribution is 2.33. The molecule has 0 saturated heterocycles. The lowest BCUT2D eigenvalue weighted by Gasteiger charge is -2.12. The van der Waals surface area contributed by atoms with Crippen molar-refractivity contribution >= 4 is 34.3 Å². The lowest BCUT2D eigenvalue weighted by molar-refractivity contribution is 0.599. The van der Waals surface area contributed by atoms with Crippen LogP contribution in [0.4, 0.5) is 15.9 Å². The van der Waals surface area contributed by atoms with Gasteiger partial charge in [-0.05, 0) is 47.4 Å². The van der Waals surface area contributed by atoms with E-state index >= 15 is 0 Å². The molecule has 0 fully saturated rings. The summed E-state index contributed by atoms with van der Waals surface area (Å²) in [4.78, 5) is 8.75. The Labute approximate surface area is 123 Å². The van der Waals surface area contributed by atoms with Gasteiger partial charge in [-0.3, -0.25) is 0 Å². The summed E-state index contributed by atoms with van der Waals surface area (Å²) in [7, 11) is 0. The van der Waals surface area contributed by atoms with Crippen molar-refractivity contribution in [3.63, 3.8) is 0 Å². The van der Waals surface area contributed by atoms with Gasteiger partial charge in [-0.2, -0.15) is 4.98 Å². The van der Waals surface area contributed by atoms with Gasteiger partial charge in [-0.25, -0.2) is 9.37 Å². The molecule has 1 atom stereocenters. The highest BCUT2D eigenvalue weighted by atomic mass is 35.5. The number of halogens is 2. The van der Waals surface area contributed by atoms with Crippen molar-refractivity contribution in [1.82, 2.24) is 9.97 Å². The van der Waals surface area contributed by atoms with Gasteiger partial charge in [0.05, 0.1) is 0 Å². The molecule has 1 aliphatic rings. The van der Waals surface area contributed by atoms with Gasteiger partial charge in [0.25, 0.3) is 0 Å². The number of anilines is 2. The highest BCUT2D eigenvalue weighted by molar-refractivity contribution is 7.91. The Morgan fingerprint density at radius 1 is 1.40 bits per heavy atom. The smallest absolute Gasteiger partial charge is 0.224 e. The van der Waals surface area contributed by atoms with E-state index in [9.17, 15) is 8.94 Å². The number of aromatic nitrogens is 2. The van der Waals surface area contributed by atoms with Crippen LogP contribution < -0.4 is 5.32 Å². The van der Waals surface area contributed by atoms with Gasteiger partial charge in [0.1, 0.15) is 17.3 Å². The average molecular weight is 312 g/mol. The molecule has 4 nitrogen and oxygen atoms in total. The molecule has 20 heavy (non-hydrogen) atoms. The van der Waals surface area contributed by atoms with Crippen LogP contribution in [0.15, 0.2) is 23.1 Å². The van der Waals surface area contributed by atoms with Crippen LogP contribution in [0.3, 0.4) is 0 Å². The second-order valence-electron chi connectivity index (χ2n) is 4.50. The molecule has 1 unspecified atom stereocenters. The molecule has 1 aromatic heterocycles. The zero-order valence-corrected chi connectivity index (χ0v) is 12.2. The fraction of sp³-hybridized carbons (Fsp3) is 0.231. The molecule has 1 N–H and O–H groups in total. The molecule has 0 spiro atoms. The number of rotatable bonds is 2. The topological polar surface area (TPSA) is 60.9 Å². The van der Waals surface area contributed by atoms with E-state index < -0.39 is 11.2 Å². The van der Waals surface area contributed by atoms with Crippen LogP contribution in [0.1, 0.15) is 11.3 Å².